The van der Waals surface area contributed by atoms with E-state index in [0.29, 0.717) is 11.9 Å². The van der Waals surface area contributed by atoms with Crippen LogP contribution in [0.3, 0.4) is 0 Å². The highest BCUT2D eigenvalue weighted by atomic mass is 35.5. The molecule has 0 N–H and O–H groups in total. The maximum Gasteiger partial charge on any atom is 0.225 e. The number of carbonyl (C=O) groups is 1. The number of hydrogen-bond acceptors (Lipinski definition) is 1. The lowest BCUT2D eigenvalue weighted by Crippen LogP contribution is -2.38. The lowest BCUT2D eigenvalue weighted by molar-refractivity contribution is -0.135. The van der Waals surface area contributed by atoms with Crippen molar-refractivity contribution < 1.29 is 4.79 Å². The van der Waals surface area contributed by atoms with Crippen molar-refractivity contribution in [3.8, 4) is 0 Å². The van der Waals surface area contributed by atoms with Gasteiger partial charge in [0.15, 0.2) is 0 Å². The van der Waals surface area contributed by atoms with Gasteiger partial charge in [0.25, 0.3) is 0 Å². The van der Waals surface area contributed by atoms with Gasteiger partial charge in [-0.25, -0.2) is 0 Å². The number of carbonyl (C=O) groups excluding carboxylic acids is 1. The molecule has 0 saturated heterocycles. The highest BCUT2D eigenvalue weighted by Crippen LogP contribution is 2.28. The SMILES string of the molecule is CCC(C)C(=O)N(CCCl)C1CC1. The zero-order chi connectivity index (χ0) is 9.84. The third kappa shape index (κ3) is 2.87. The summed E-state index contributed by atoms with van der Waals surface area (Å²) < 4.78 is 0. The van der Waals surface area contributed by atoms with E-state index in [4.69, 9.17) is 11.6 Å². The van der Waals surface area contributed by atoms with Crippen molar-refractivity contribution in [1.82, 2.24) is 4.90 Å². The van der Waals surface area contributed by atoms with Crippen LogP contribution >= 0.6 is 11.6 Å². The summed E-state index contributed by atoms with van der Waals surface area (Å²) in [5.41, 5.74) is 0. The van der Waals surface area contributed by atoms with Gasteiger partial charge in [0.1, 0.15) is 0 Å². The maximum absolute atomic E-state index is 11.8. The molecule has 1 atom stereocenters. The first-order valence-corrected chi connectivity index (χ1v) is 5.60. The second-order valence-electron chi connectivity index (χ2n) is 3.76. The molecule has 1 rings (SSSR count). The highest BCUT2D eigenvalue weighted by molar-refractivity contribution is 6.18. The van der Waals surface area contributed by atoms with Gasteiger partial charge in [-0.15, -0.1) is 11.6 Å². The number of rotatable bonds is 5. The maximum atomic E-state index is 11.8. The Morgan fingerprint density at radius 3 is 2.62 bits per heavy atom. The molecule has 1 unspecified atom stereocenters. The fraction of sp³-hybridized carbons (Fsp3) is 0.900. The van der Waals surface area contributed by atoms with Gasteiger partial charge in [-0.1, -0.05) is 13.8 Å². The van der Waals surface area contributed by atoms with E-state index in [2.05, 4.69) is 0 Å². The molecule has 0 aromatic rings. The van der Waals surface area contributed by atoms with Crippen LogP contribution < -0.4 is 0 Å². The summed E-state index contributed by atoms with van der Waals surface area (Å²) in [4.78, 5) is 13.8. The lowest BCUT2D eigenvalue weighted by Gasteiger charge is -2.24. The molecule has 2 nitrogen and oxygen atoms in total. The second kappa shape index (κ2) is 4.85. The van der Waals surface area contributed by atoms with Crippen molar-refractivity contribution >= 4 is 17.5 Å². The fourth-order valence-electron chi connectivity index (χ4n) is 1.41. The fourth-order valence-corrected chi connectivity index (χ4v) is 1.59. The molecule has 0 aromatic heterocycles. The van der Waals surface area contributed by atoms with Crippen LogP contribution in [0, 0.1) is 5.92 Å². The molecule has 0 bridgehead atoms. The van der Waals surface area contributed by atoms with Crippen LogP contribution in [0.4, 0.5) is 0 Å². The summed E-state index contributed by atoms with van der Waals surface area (Å²) in [6.07, 6.45) is 3.25. The molecule has 13 heavy (non-hydrogen) atoms. The molecule has 1 aliphatic carbocycles. The molecule has 1 fully saturated rings. The van der Waals surface area contributed by atoms with Crippen LogP contribution in [0.2, 0.25) is 0 Å². The molecule has 0 heterocycles. The Hall–Kier alpha value is -0.240. The smallest absolute Gasteiger partial charge is 0.225 e. The standard InChI is InChI=1S/C10H18ClNO/c1-3-8(2)10(13)12(7-6-11)9-4-5-9/h8-9H,3-7H2,1-2H3. The van der Waals surface area contributed by atoms with Crippen molar-refractivity contribution in [3.63, 3.8) is 0 Å². The summed E-state index contributed by atoms with van der Waals surface area (Å²) in [6.45, 7) is 4.76. The third-order valence-electron chi connectivity index (χ3n) is 2.63. The summed E-state index contributed by atoms with van der Waals surface area (Å²) in [5, 5.41) is 0. The van der Waals surface area contributed by atoms with Crippen LogP contribution in [0.5, 0.6) is 0 Å². The average Bonchev–Trinajstić information content (AvgIpc) is 2.95. The van der Waals surface area contributed by atoms with Gasteiger partial charge in [-0.05, 0) is 19.3 Å². The van der Waals surface area contributed by atoms with Gasteiger partial charge in [-0.2, -0.15) is 0 Å². The van der Waals surface area contributed by atoms with Crippen LogP contribution in [0.1, 0.15) is 33.1 Å². The minimum atomic E-state index is 0.156. The number of alkyl halides is 1. The highest BCUT2D eigenvalue weighted by Gasteiger charge is 2.33. The van der Waals surface area contributed by atoms with Crippen LogP contribution in [0.25, 0.3) is 0 Å². The molecule has 1 saturated carbocycles. The first kappa shape index (κ1) is 10.8. The summed E-state index contributed by atoms with van der Waals surface area (Å²) in [5.74, 6) is 0.994. The van der Waals surface area contributed by atoms with Crippen LogP contribution in [0.15, 0.2) is 0 Å². The Bertz CT molecular complexity index is 180. The van der Waals surface area contributed by atoms with E-state index in [0.717, 1.165) is 13.0 Å². The first-order valence-electron chi connectivity index (χ1n) is 5.07. The number of hydrogen-bond donors (Lipinski definition) is 0. The number of amides is 1. The summed E-state index contributed by atoms with van der Waals surface area (Å²) in [6, 6.07) is 0.500. The van der Waals surface area contributed by atoms with Gasteiger partial charge < -0.3 is 4.90 Å². The molecule has 0 radical (unpaired) electrons. The zero-order valence-corrected chi connectivity index (χ0v) is 9.18. The van der Waals surface area contributed by atoms with Crippen molar-refractivity contribution in [3.05, 3.63) is 0 Å². The largest absolute Gasteiger partial charge is 0.338 e. The van der Waals surface area contributed by atoms with Gasteiger partial charge in [0, 0.05) is 24.4 Å². The van der Waals surface area contributed by atoms with Crippen molar-refractivity contribution in [2.24, 2.45) is 5.92 Å². The molecule has 1 amide bonds. The molecule has 3 heteroatoms. The average molecular weight is 204 g/mol. The Labute approximate surface area is 85.2 Å². The third-order valence-corrected chi connectivity index (χ3v) is 2.80. The van der Waals surface area contributed by atoms with E-state index in [1.165, 1.54) is 12.8 Å². The van der Waals surface area contributed by atoms with E-state index >= 15 is 0 Å². The zero-order valence-electron chi connectivity index (χ0n) is 8.42. The Morgan fingerprint density at radius 1 is 1.62 bits per heavy atom. The molecule has 0 spiro atoms. The van der Waals surface area contributed by atoms with Crippen LogP contribution in [-0.2, 0) is 4.79 Å². The van der Waals surface area contributed by atoms with E-state index in [1.54, 1.807) is 0 Å². The van der Waals surface area contributed by atoms with E-state index in [1.807, 2.05) is 18.7 Å². The predicted molar refractivity (Wildman–Crippen MR) is 54.9 cm³/mol. The van der Waals surface area contributed by atoms with Crippen LogP contribution in [-0.4, -0.2) is 29.3 Å². The molecule has 76 valence electrons. The van der Waals surface area contributed by atoms with Gasteiger partial charge >= 0.3 is 0 Å². The topological polar surface area (TPSA) is 20.3 Å². The Balaban J connectivity index is 2.47. The molecular formula is C10H18ClNO. The van der Waals surface area contributed by atoms with Crippen molar-refractivity contribution in [2.75, 3.05) is 12.4 Å². The minimum absolute atomic E-state index is 0.156. The minimum Gasteiger partial charge on any atom is -0.338 e. The second-order valence-corrected chi connectivity index (χ2v) is 4.14. The molecule has 1 aliphatic rings. The summed E-state index contributed by atoms with van der Waals surface area (Å²) >= 11 is 5.67. The summed E-state index contributed by atoms with van der Waals surface area (Å²) in [7, 11) is 0. The lowest BCUT2D eigenvalue weighted by atomic mass is 10.1. The predicted octanol–water partition coefficient (Wildman–Crippen LogP) is 2.26. The Kier molecular flexibility index (Phi) is 4.04. The number of nitrogens with zero attached hydrogens (tertiary/aromatic N) is 1. The Morgan fingerprint density at radius 2 is 2.23 bits per heavy atom. The first-order chi connectivity index (χ1) is 6.20. The van der Waals surface area contributed by atoms with E-state index < -0.39 is 0 Å². The molecule has 0 aliphatic heterocycles. The van der Waals surface area contributed by atoms with Gasteiger partial charge in [0.2, 0.25) is 5.91 Å². The van der Waals surface area contributed by atoms with Crippen molar-refractivity contribution in [2.45, 2.75) is 39.2 Å². The monoisotopic (exact) mass is 203 g/mol. The molecular weight excluding hydrogens is 186 g/mol. The quantitative estimate of drug-likeness (QED) is 0.628. The number of halogens is 1. The van der Waals surface area contributed by atoms with Crippen molar-refractivity contribution in [1.29, 1.82) is 0 Å². The van der Waals surface area contributed by atoms with Gasteiger partial charge in [0.05, 0.1) is 0 Å². The molecule has 0 aromatic carbocycles. The van der Waals surface area contributed by atoms with E-state index in [-0.39, 0.29) is 11.8 Å². The van der Waals surface area contributed by atoms with Gasteiger partial charge in [-0.3, -0.25) is 4.79 Å². The van der Waals surface area contributed by atoms with E-state index in [9.17, 15) is 4.79 Å². The normalized spacial score (nSPS) is 18.4.